The van der Waals surface area contributed by atoms with E-state index in [1.54, 1.807) is 12.1 Å². The average Bonchev–Trinajstić information content (AvgIpc) is 2.45. The van der Waals surface area contributed by atoms with E-state index in [2.05, 4.69) is 0 Å². The van der Waals surface area contributed by atoms with Crippen molar-refractivity contribution in [2.24, 2.45) is 0 Å². The molecule has 0 spiro atoms. The number of ketones is 1. The molecule has 1 fully saturated rings. The van der Waals surface area contributed by atoms with E-state index in [0.29, 0.717) is 11.4 Å². The van der Waals surface area contributed by atoms with E-state index in [-0.39, 0.29) is 24.7 Å². The van der Waals surface area contributed by atoms with Crippen molar-refractivity contribution in [3.63, 3.8) is 0 Å². The van der Waals surface area contributed by atoms with Crippen LogP contribution in [0.15, 0.2) is 18.2 Å². The molecule has 1 aromatic carbocycles. The summed E-state index contributed by atoms with van der Waals surface area (Å²) in [7, 11) is 0. The van der Waals surface area contributed by atoms with E-state index in [9.17, 15) is 9.59 Å². The van der Waals surface area contributed by atoms with Gasteiger partial charge in [0.2, 0.25) is 5.91 Å². The molecule has 0 atom stereocenters. The molecule has 1 saturated heterocycles. The first-order valence-electron chi connectivity index (χ1n) is 4.76. The minimum absolute atomic E-state index is 0.00663. The molecule has 2 rings (SSSR count). The number of nitrogens with zero attached hydrogens (tertiary/aromatic N) is 1. The van der Waals surface area contributed by atoms with Crippen LogP contribution in [0.5, 0.6) is 0 Å². The number of rotatable bonds is 1. The maximum atomic E-state index is 11.5. The Hall–Kier alpha value is -1.84. The first-order chi connectivity index (χ1) is 7.08. The highest BCUT2D eigenvalue weighted by atomic mass is 16.2. The normalized spacial score (nSPS) is 16.2. The van der Waals surface area contributed by atoms with Crippen molar-refractivity contribution in [2.75, 3.05) is 17.2 Å². The van der Waals surface area contributed by atoms with Gasteiger partial charge in [-0.1, -0.05) is 6.07 Å². The van der Waals surface area contributed by atoms with Crippen LogP contribution in [0.4, 0.5) is 11.4 Å². The van der Waals surface area contributed by atoms with Crippen molar-refractivity contribution in [3.8, 4) is 0 Å². The third kappa shape index (κ3) is 1.70. The number of carbonyl (C=O) groups is 2. The molecule has 0 aliphatic carbocycles. The second kappa shape index (κ2) is 3.38. The van der Waals surface area contributed by atoms with E-state index >= 15 is 0 Å². The Morgan fingerprint density at radius 2 is 2.07 bits per heavy atom. The molecule has 0 unspecified atom stereocenters. The fourth-order valence-electron chi connectivity index (χ4n) is 1.72. The Morgan fingerprint density at radius 1 is 1.33 bits per heavy atom. The van der Waals surface area contributed by atoms with Crippen molar-refractivity contribution in [3.05, 3.63) is 23.8 Å². The SMILES string of the molecule is Cc1ccc(N2CC(=O)CC2=O)c(N)c1. The maximum absolute atomic E-state index is 11.5. The standard InChI is InChI=1S/C11H12N2O2/c1-7-2-3-10(9(12)4-7)13-6-8(14)5-11(13)15/h2-4H,5-6,12H2,1H3. The second-order valence-corrected chi connectivity index (χ2v) is 3.76. The van der Waals surface area contributed by atoms with E-state index in [1.807, 2.05) is 13.0 Å². The third-order valence-corrected chi connectivity index (χ3v) is 2.46. The summed E-state index contributed by atoms with van der Waals surface area (Å²) in [6.07, 6.45) is -0.00663. The van der Waals surface area contributed by atoms with Gasteiger partial charge in [-0.25, -0.2) is 0 Å². The molecule has 4 heteroatoms. The molecule has 4 nitrogen and oxygen atoms in total. The van der Waals surface area contributed by atoms with Crippen molar-refractivity contribution in [1.82, 2.24) is 0 Å². The van der Waals surface area contributed by atoms with Gasteiger partial charge in [0.1, 0.15) is 0 Å². The molecule has 1 heterocycles. The summed E-state index contributed by atoms with van der Waals surface area (Å²) in [4.78, 5) is 24.0. The Labute approximate surface area is 87.7 Å². The van der Waals surface area contributed by atoms with Gasteiger partial charge >= 0.3 is 0 Å². The number of benzene rings is 1. The molecule has 1 aromatic rings. The topological polar surface area (TPSA) is 63.4 Å². The van der Waals surface area contributed by atoms with Gasteiger partial charge in [0.25, 0.3) is 0 Å². The van der Waals surface area contributed by atoms with Crippen LogP contribution in [0.1, 0.15) is 12.0 Å². The minimum Gasteiger partial charge on any atom is -0.397 e. The van der Waals surface area contributed by atoms with Crippen molar-refractivity contribution < 1.29 is 9.59 Å². The van der Waals surface area contributed by atoms with Gasteiger partial charge in [-0.05, 0) is 24.6 Å². The third-order valence-electron chi connectivity index (χ3n) is 2.46. The number of anilines is 2. The molecule has 0 aromatic heterocycles. The van der Waals surface area contributed by atoms with Gasteiger partial charge in [-0.15, -0.1) is 0 Å². The summed E-state index contributed by atoms with van der Waals surface area (Å²) in [6, 6.07) is 5.45. The van der Waals surface area contributed by atoms with Crippen LogP contribution in [0, 0.1) is 6.92 Å². The minimum atomic E-state index is -0.171. The van der Waals surface area contributed by atoms with Crippen LogP contribution in [0.2, 0.25) is 0 Å². The summed E-state index contributed by atoms with van der Waals surface area (Å²) >= 11 is 0. The number of carbonyl (C=O) groups excluding carboxylic acids is 2. The zero-order chi connectivity index (χ0) is 11.0. The van der Waals surface area contributed by atoms with Crippen molar-refractivity contribution in [1.29, 1.82) is 0 Å². The molecule has 0 radical (unpaired) electrons. The molecule has 0 bridgehead atoms. The van der Waals surface area contributed by atoms with Crippen molar-refractivity contribution in [2.45, 2.75) is 13.3 Å². The van der Waals surface area contributed by atoms with Gasteiger partial charge in [-0.2, -0.15) is 0 Å². The molecule has 2 N–H and O–H groups in total. The summed E-state index contributed by atoms with van der Waals surface area (Å²) in [6.45, 7) is 2.07. The zero-order valence-corrected chi connectivity index (χ0v) is 8.49. The Bertz CT molecular complexity index is 440. The molecule has 15 heavy (non-hydrogen) atoms. The predicted octanol–water partition coefficient (Wildman–Crippen LogP) is 0.883. The fraction of sp³-hybridized carbons (Fsp3) is 0.273. The van der Waals surface area contributed by atoms with E-state index in [4.69, 9.17) is 5.73 Å². The molecule has 1 aliphatic rings. The monoisotopic (exact) mass is 204 g/mol. The largest absolute Gasteiger partial charge is 0.397 e. The average molecular weight is 204 g/mol. The number of Topliss-reactive ketones (excluding diaryl/α,β-unsaturated/α-hetero) is 1. The van der Waals surface area contributed by atoms with Crippen LogP contribution in [-0.4, -0.2) is 18.2 Å². The molecule has 1 aliphatic heterocycles. The molecular formula is C11H12N2O2. The van der Waals surface area contributed by atoms with Crippen LogP contribution in [0.25, 0.3) is 0 Å². The highest BCUT2D eigenvalue weighted by molar-refractivity contribution is 6.15. The van der Waals surface area contributed by atoms with Crippen molar-refractivity contribution >= 4 is 23.1 Å². The zero-order valence-electron chi connectivity index (χ0n) is 8.49. The predicted molar refractivity (Wildman–Crippen MR) is 57.6 cm³/mol. The summed E-state index contributed by atoms with van der Waals surface area (Å²) in [5.74, 6) is -0.226. The Balaban J connectivity index is 2.38. The van der Waals surface area contributed by atoms with Gasteiger partial charge in [0, 0.05) is 0 Å². The second-order valence-electron chi connectivity index (χ2n) is 3.76. The van der Waals surface area contributed by atoms with Gasteiger partial charge in [0.05, 0.1) is 24.3 Å². The molecular weight excluding hydrogens is 192 g/mol. The first kappa shape index (κ1) is 9.71. The lowest BCUT2D eigenvalue weighted by molar-refractivity contribution is -0.121. The Kier molecular flexibility index (Phi) is 2.19. The maximum Gasteiger partial charge on any atom is 0.234 e. The number of hydrogen-bond acceptors (Lipinski definition) is 3. The van der Waals surface area contributed by atoms with Crippen LogP contribution < -0.4 is 10.6 Å². The van der Waals surface area contributed by atoms with Gasteiger partial charge < -0.3 is 10.6 Å². The fourth-order valence-corrected chi connectivity index (χ4v) is 1.72. The van der Waals surface area contributed by atoms with Crippen LogP contribution in [0.3, 0.4) is 0 Å². The van der Waals surface area contributed by atoms with Gasteiger partial charge in [-0.3, -0.25) is 9.59 Å². The molecule has 0 saturated carbocycles. The lowest BCUT2D eigenvalue weighted by Crippen LogP contribution is -2.25. The number of nitrogen functional groups attached to an aromatic ring is 1. The van der Waals surface area contributed by atoms with E-state index in [0.717, 1.165) is 5.56 Å². The number of hydrogen-bond donors (Lipinski definition) is 1. The number of nitrogens with two attached hydrogens (primary N) is 1. The summed E-state index contributed by atoms with van der Waals surface area (Å²) < 4.78 is 0. The van der Waals surface area contributed by atoms with E-state index in [1.165, 1.54) is 4.90 Å². The summed E-state index contributed by atoms with van der Waals surface area (Å²) in [5.41, 5.74) is 8.02. The Morgan fingerprint density at radius 3 is 2.60 bits per heavy atom. The lowest BCUT2D eigenvalue weighted by Gasteiger charge is -2.17. The van der Waals surface area contributed by atoms with E-state index < -0.39 is 0 Å². The molecule has 78 valence electrons. The quantitative estimate of drug-likeness (QED) is 0.545. The van der Waals surface area contributed by atoms with Crippen LogP contribution >= 0.6 is 0 Å². The highest BCUT2D eigenvalue weighted by Gasteiger charge is 2.29. The summed E-state index contributed by atoms with van der Waals surface area (Å²) in [5, 5.41) is 0. The van der Waals surface area contributed by atoms with Gasteiger partial charge in [0.15, 0.2) is 5.78 Å². The first-order valence-corrected chi connectivity index (χ1v) is 4.76. The smallest absolute Gasteiger partial charge is 0.234 e. The number of amides is 1. The highest BCUT2D eigenvalue weighted by Crippen LogP contribution is 2.27. The number of aryl methyl sites for hydroxylation is 1. The lowest BCUT2D eigenvalue weighted by atomic mass is 10.2. The van der Waals surface area contributed by atoms with Crippen LogP contribution in [-0.2, 0) is 9.59 Å². The molecule has 1 amide bonds.